The van der Waals surface area contributed by atoms with Gasteiger partial charge in [-0.05, 0) is 32.0 Å². The Balaban J connectivity index is 0.000000344. The number of carboxylic acid groups (broad SMARTS) is 1. The van der Waals surface area contributed by atoms with Crippen LogP contribution in [-0.4, -0.2) is 107 Å². The second-order valence-corrected chi connectivity index (χ2v) is 19.2. The summed E-state index contributed by atoms with van der Waals surface area (Å²) in [5.74, 6) is -1.51. The summed E-state index contributed by atoms with van der Waals surface area (Å²) in [6, 6.07) is 5.58. The summed E-state index contributed by atoms with van der Waals surface area (Å²) in [5, 5.41) is 16.2. The molecule has 60 heavy (non-hydrogen) atoms. The third-order valence-corrected chi connectivity index (χ3v) is 11.0. The smallest absolute Gasteiger partial charge is 0.442 e. The predicted molar refractivity (Wildman–Crippen MR) is 216 cm³/mol. The van der Waals surface area contributed by atoms with Crippen molar-refractivity contribution in [3.63, 3.8) is 0 Å². The summed E-state index contributed by atoms with van der Waals surface area (Å²) in [5.41, 5.74) is -0.0217. The summed E-state index contributed by atoms with van der Waals surface area (Å²) < 4.78 is 82.6. The van der Waals surface area contributed by atoms with E-state index >= 15 is 0 Å². The summed E-state index contributed by atoms with van der Waals surface area (Å²) in [6.45, 7) is 10.4. The Bertz CT molecular complexity index is 2450. The van der Waals surface area contributed by atoms with E-state index in [4.69, 9.17) is 56.7 Å². The number of methoxy groups -OCH3 is 2. The number of halogens is 2. The number of carbonyl (C=O) groups excluding carboxylic acids is 1. The molecule has 0 atom stereocenters. The number of carboxylic acids is 1. The highest BCUT2D eigenvalue weighted by atomic mass is 35.5. The molecule has 2 amide bonds. The lowest BCUT2D eigenvalue weighted by molar-refractivity contribution is -0.135. The van der Waals surface area contributed by atoms with Crippen molar-refractivity contribution in [2.24, 2.45) is 0 Å². The molecular weight excluding hydrogens is 902 g/mol. The molecule has 0 saturated carbocycles. The standard InChI is InChI=1S/C15H18Cl2N2O3.C14H17N5O7S2.C3H8NO5P/c1-8(2)21-12-7-11(9(16)6-10(12)17)19-14(20)22-13(18-19)15(3,4)5;1-4-27(21,22)9-6-5-7-15-12(9)28(23,24)19-14(20)18-13-16-10(25-2)8-11(17-13)26-3;5-3(6)1-4-2-10(7,8)9/h6-8H,1-5H3;5-8H,4H2,1-3H3,(H2,16,17,18,19,20);4H,1-2H2,(H,5,6)(H2,7,8,9). The van der Waals surface area contributed by atoms with Crippen molar-refractivity contribution in [2.75, 3.05) is 38.1 Å². The van der Waals surface area contributed by atoms with Gasteiger partial charge in [0.05, 0.1) is 60.7 Å². The van der Waals surface area contributed by atoms with E-state index in [9.17, 15) is 35.8 Å². The second-order valence-electron chi connectivity index (χ2n) is 12.9. The first-order chi connectivity index (χ1) is 27.6. The maximum atomic E-state index is 12.5. The van der Waals surface area contributed by atoms with E-state index in [-0.39, 0.29) is 40.0 Å². The molecule has 3 heterocycles. The molecule has 0 unspecified atom stereocenters. The zero-order valence-electron chi connectivity index (χ0n) is 33.2. The van der Waals surface area contributed by atoms with Gasteiger partial charge in [0.1, 0.15) is 10.6 Å². The van der Waals surface area contributed by atoms with Crippen molar-refractivity contribution in [2.45, 2.75) is 63.0 Å². The lowest BCUT2D eigenvalue weighted by Crippen LogP contribution is -2.36. The Labute approximate surface area is 353 Å². The van der Waals surface area contributed by atoms with Crippen LogP contribution in [0.5, 0.6) is 17.5 Å². The fraction of sp³-hybridized carbons (Fsp3) is 0.406. The van der Waals surface area contributed by atoms with Gasteiger partial charge in [0.15, 0.2) is 14.9 Å². The van der Waals surface area contributed by atoms with E-state index in [0.717, 1.165) is 16.9 Å². The lowest BCUT2D eigenvalue weighted by Gasteiger charge is -2.13. The molecule has 0 radical (unpaired) electrons. The zero-order chi connectivity index (χ0) is 45.8. The van der Waals surface area contributed by atoms with E-state index in [1.807, 2.05) is 34.6 Å². The Hall–Kier alpha value is -4.88. The van der Waals surface area contributed by atoms with Crippen LogP contribution in [0.15, 0.2) is 55.7 Å². The number of sulfonamides is 1. The number of hydrogen-bond acceptors (Lipinski definition) is 17. The number of urea groups is 1. The molecule has 0 aliphatic rings. The first kappa shape index (κ1) is 51.3. The highest BCUT2D eigenvalue weighted by Gasteiger charge is 2.29. The molecule has 0 spiro atoms. The average Bonchev–Trinajstić information content (AvgIpc) is 3.53. The van der Waals surface area contributed by atoms with Crippen LogP contribution < -0.4 is 35.3 Å². The van der Waals surface area contributed by atoms with E-state index in [0.29, 0.717) is 22.4 Å². The van der Waals surface area contributed by atoms with Crippen molar-refractivity contribution in [1.82, 2.24) is 34.8 Å². The van der Waals surface area contributed by atoms with Crippen LogP contribution in [0.25, 0.3) is 5.69 Å². The highest BCUT2D eigenvalue weighted by molar-refractivity contribution is 7.93. The van der Waals surface area contributed by atoms with E-state index < -0.39 is 68.0 Å². The largest absolute Gasteiger partial charge is 0.489 e. The number of pyridine rings is 1. The van der Waals surface area contributed by atoms with Gasteiger partial charge in [-0.15, -0.1) is 5.10 Å². The van der Waals surface area contributed by atoms with Crippen LogP contribution in [0.2, 0.25) is 10.0 Å². The Kier molecular flexibility index (Phi) is 18.4. The predicted octanol–water partition coefficient (Wildman–Crippen LogP) is 3.21. The van der Waals surface area contributed by atoms with E-state index in [1.54, 1.807) is 10.8 Å². The molecule has 0 aliphatic carbocycles. The number of carbonyl (C=O) groups is 2. The number of amides is 2. The van der Waals surface area contributed by atoms with Crippen molar-refractivity contribution in [1.29, 1.82) is 0 Å². The fourth-order valence-electron chi connectivity index (χ4n) is 4.00. The van der Waals surface area contributed by atoms with Gasteiger partial charge in [-0.25, -0.2) is 27.7 Å². The molecule has 0 fully saturated rings. The molecule has 4 rings (SSSR count). The molecule has 0 bridgehead atoms. The van der Waals surface area contributed by atoms with Gasteiger partial charge in [-0.3, -0.25) is 20.0 Å². The Morgan fingerprint density at radius 3 is 2.10 bits per heavy atom. The monoisotopic (exact) mass is 944 g/mol. The highest BCUT2D eigenvalue weighted by Crippen LogP contribution is 2.34. The van der Waals surface area contributed by atoms with Crippen molar-refractivity contribution < 1.29 is 64.5 Å². The molecule has 4 aromatic rings. The van der Waals surface area contributed by atoms with E-state index in [1.165, 1.54) is 39.3 Å². The van der Waals surface area contributed by atoms with Crippen molar-refractivity contribution in [3.05, 3.63) is 63.0 Å². The lowest BCUT2D eigenvalue weighted by atomic mass is 9.97. The van der Waals surface area contributed by atoms with Crippen LogP contribution in [0.1, 0.15) is 47.4 Å². The molecule has 6 N–H and O–H groups in total. The van der Waals surface area contributed by atoms with Gasteiger partial charge in [-0.1, -0.05) is 50.9 Å². The zero-order valence-corrected chi connectivity index (χ0v) is 37.2. The van der Waals surface area contributed by atoms with Crippen LogP contribution in [0.4, 0.5) is 10.7 Å². The number of nitrogens with one attached hydrogen (secondary N) is 3. The average molecular weight is 946 g/mol. The van der Waals surface area contributed by atoms with Gasteiger partial charge < -0.3 is 33.5 Å². The Morgan fingerprint density at radius 1 is 1.02 bits per heavy atom. The molecule has 28 heteroatoms. The third kappa shape index (κ3) is 15.9. The van der Waals surface area contributed by atoms with Gasteiger partial charge >= 0.3 is 25.4 Å². The summed E-state index contributed by atoms with van der Waals surface area (Å²) in [7, 11) is -9.94. The molecule has 1 aromatic carbocycles. The quantitative estimate of drug-likeness (QED) is 0.0988. The molecular formula is C32H43Cl2N8O15PS2. The van der Waals surface area contributed by atoms with Crippen molar-refractivity contribution >= 4 is 68.6 Å². The van der Waals surface area contributed by atoms with Crippen LogP contribution in [-0.2, 0) is 34.6 Å². The van der Waals surface area contributed by atoms with Crippen LogP contribution in [0.3, 0.4) is 0 Å². The number of nitrogens with zero attached hydrogens (tertiary/aromatic N) is 5. The summed E-state index contributed by atoms with van der Waals surface area (Å²) in [6.07, 6.45) is 0.432. The van der Waals surface area contributed by atoms with Gasteiger partial charge in [0, 0.05) is 17.7 Å². The molecule has 0 saturated heterocycles. The van der Waals surface area contributed by atoms with Crippen LogP contribution >= 0.6 is 30.8 Å². The first-order valence-corrected chi connectivity index (χ1v) is 22.5. The molecule has 23 nitrogen and oxygen atoms in total. The molecule has 0 aliphatic heterocycles. The minimum Gasteiger partial charge on any atom is -0.489 e. The number of aromatic nitrogens is 5. The fourth-order valence-corrected chi connectivity index (χ4v) is 7.46. The number of anilines is 1. The molecule has 3 aromatic heterocycles. The summed E-state index contributed by atoms with van der Waals surface area (Å²) >= 11 is 12.3. The normalized spacial score (nSPS) is 11.7. The first-order valence-electron chi connectivity index (χ1n) is 16.9. The number of aliphatic carboxylic acids is 1. The van der Waals surface area contributed by atoms with E-state index in [2.05, 4.69) is 30.7 Å². The second kappa shape index (κ2) is 21.6. The maximum absolute atomic E-state index is 12.5. The third-order valence-electron chi connectivity index (χ3n) is 6.63. The van der Waals surface area contributed by atoms with Gasteiger partial charge in [0.25, 0.3) is 10.0 Å². The van der Waals surface area contributed by atoms with Crippen LogP contribution in [0, 0.1) is 0 Å². The summed E-state index contributed by atoms with van der Waals surface area (Å²) in [4.78, 5) is 61.0. The number of hydrogen-bond donors (Lipinski definition) is 6. The minimum absolute atomic E-state index is 0.0612. The number of ether oxygens (including phenoxy) is 3. The Morgan fingerprint density at radius 2 is 1.62 bits per heavy atom. The van der Waals surface area contributed by atoms with Crippen molar-refractivity contribution in [3.8, 4) is 23.2 Å². The van der Waals surface area contributed by atoms with Gasteiger partial charge in [0.2, 0.25) is 23.6 Å². The SMILES string of the molecule is CC(C)Oc1cc(-n2nc(C(C)(C)C)oc2=O)c(Cl)cc1Cl.CCS(=O)(=O)c1cccnc1S(=O)(=O)NC(=O)Nc1nc(OC)cc(OC)n1.O=C(O)CNCP(=O)(O)O. The number of rotatable bonds is 14. The molecule has 332 valence electrons. The number of sulfone groups is 1. The topological polar surface area (TPSA) is 331 Å². The minimum atomic E-state index is -4.61. The maximum Gasteiger partial charge on any atom is 0.442 e. The van der Waals surface area contributed by atoms with Gasteiger partial charge in [-0.2, -0.15) is 23.1 Å². The number of benzene rings is 1.